The minimum atomic E-state index is 0.0352. The Kier molecular flexibility index (Phi) is 4.57. The highest BCUT2D eigenvalue weighted by Crippen LogP contribution is 2.24. The van der Waals surface area contributed by atoms with Gasteiger partial charge in [0, 0.05) is 28.3 Å². The molecule has 0 spiro atoms. The van der Waals surface area contributed by atoms with E-state index in [9.17, 15) is 4.79 Å². The van der Waals surface area contributed by atoms with Gasteiger partial charge >= 0.3 is 0 Å². The van der Waals surface area contributed by atoms with Crippen LogP contribution in [0.4, 0.5) is 5.69 Å². The highest BCUT2D eigenvalue weighted by atomic mass is 79.9. The molecule has 0 aliphatic rings. The highest BCUT2D eigenvalue weighted by Gasteiger charge is 2.20. The molecule has 94 valence electrons. The molecule has 1 amide bonds. The zero-order valence-corrected chi connectivity index (χ0v) is 12.3. The van der Waals surface area contributed by atoms with Crippen molar-refractivity contribution in [3.8, 4) is 0 Å². The summed E-state index contributed by atoms with van der Waals surface area (Å²) in [6.45, 7) is 8.58. The lowest BCUT2D eigenvalue weighted by Gasteiger charge is -2.26. The van der Waals surface area contributed by atoms with Crippen LogP contribution in [-0.2, 0) is 0 Å². The van der Waals surface area contributed by atoms with E-state index >= 15 is 0 Å². The molecule has 0 saturated carbocycles. The van der Waals surface area contributed by atoms with Crippen LogP contribution in [-0.4, -0.2) is 23.4 Å². The van der Waals surface area contributed by atoms with Crippen molar-refractivity contribution < 1.29 is 4.79 Å². The minimum Gasteiger partial charge on any atom is -0.398 e. The summed E-state index contributed by atoms with van der Waals surface area (Å²) in [6, 6.07) is 3.84. The van der Waals surface area contributed by atoms with Gasteiger partial charge in [0.25, 0.3) is 5.91 Å². The molecule has 0 saturated heterocycles. The first-order valence-corrected chi connectivity index (χ1v) is 6.54. The largest absolute Gasteiger partial charge is 0.398 e. The van der Waals surface area contributed by atoms with Crippen LogP contribution < -0.4 is 5.73 Å². The van der Waals surface area contributed by atoms with Gasteiger partial charge in [-0.05, 0) is 45.4 Å². The van der Waals surface area contributed by atoms with Gasteiger partial charge in [0.15, 0.2) is 0 Å². The number of carbonyl (C=O) groups is 1. The van der Waals surface area contributed by atoms with Crippen molar-refractivity contribution in [3.05, 3.63) is 27.7 Å². The lowest BCUT2D eigenvalue weighted by Crippen LogP contribution is -2.37. The Bertz CT molecular complexity index is 430. The monoisotopic (exact) mass is 298 g/mol. The Hall–Kier alpha value is -1.03. The summed E-state index contributed by atoms with van der Waals surface area (Å²) in [4.78, 5) is 14.2. The number of benzene rings is 1. The van der Waals surface area contributed by atoms with E-state index in [-0.39, 0.29) is 11.9 Å². The summed E-state index contributed by atoms with van der Waals surface area (Å²) in [7, 11) is 0. The fourth-order valence-electron chi connectivity index (χ4n) is 1.82. The number of nitrogens with two attached hydrogens (primary N) is 1. The summed E-state index contributed by atoms with van der Waals surface area (Å²) >= 11 is 3.37. The molecule has 0 fully saturated rings. The summed E-state index contributed by atoms with van der Waals surface area (Å²) < 4.78 is 0.837. The molecule has 0 atom stereocenters. The van der Waals surface area contributed by atoms with Gasteiger partial charge < -0.3 is 10.6 Å². The van der Waals surface area contributed by atoms with Crippen LogP contribution in [0, 0.1) is 6.92 Å². The van der Waals surface area contributed by atoms with E-state index in [1.54, 1.807) is 0 Å². The molecule has 4 heteroatoms. The van der Waals surface area contributed by atoms with E-state index < -0.39 is 0 Å². The molecule has 2 N–H and O–H groups in total. The van der Waals surface area contributed by atoms with Gasteiger partial charge in [-0.15, -0.1) is 0 Å². The van der Waals surface area contributed by atoms with Crippen LogP contribution in [0.15, 0.2) is 16.6 Å². The van der Waals surface area contributed by atoms with Crippen LogP contribution >= 0.6 is 15.9 Å². The minimum absolute atomic E-state index is 0.0352. The molecular weight excluding hydrogens is 280 g/mol. The van der Waals surface area contributed by atoms with Gasteiger partial charge in [-0.3, -0.25) is 4.79 Å². The molecule has 0 bridgehead atoms. The molecule has 0 heterocycles. The quantitative estimate of drug-likeness (QED) is 0.871. The summed E-state index contributed by atoms with van der Waals surface area (Å²) in [5.74, 6) is 0.0352. The third-order valence-corrected chi connectivity index (χ3v) is 3.33. The number of rotatable bonds is 3. The van der Waals surface area contributed by atoms with Gasteiger partial charge in [-0.2, -0.15) is 0 Å². The molecule has 0 aromatic heterocycles. The van der Waals surface area contributed by atoms with E-state index in [0.717, 1.165) is 10.0 Å². The molecule has 0 aliphatic carbocycles. The van der Waals surface area contributed by atoms with E-state index in [4.69, 9.17) is 5.73 Å². The van der Waals surface area contributed by atoms with Crippen molar-refractivity contribution in [1.29, 1.82) is 0 Å². The second-order valence-electron chi connectivity index (χ2n) is 4.35. The molecule has 3 nitrogen and oxygen atoms in total. The smallest absolute Gasteiger partial charge is 0.254 e. The average Bonchev–Trinajstić information content (AvgIpc) is 2.23. The van der Waals surface area contributed by atoms with Crippen LogP contribution in [0.25, 0.3) is 0 Å². The predicted octanol–water partition coefficient (Wildman–Crippen LogP) is 3.21. The molecule has 0 radical (unpaired) electrons. The Labute approximate surface area is 111 Å². The predicted molar refractivity (Wildman–Crippen MR) is 75.1 cm³/mol. The summed E-state index contributed by atoms with van der Waals surface area (Å²) in [6.07, 6.45) is 0. The molecule has 1 aromatic rings. The standard InChI is InChI=1S/C13H19BrN2O/c1-5-16(8(2)3)13(17)11-6-10(14)7-12(15)9(11)4/h6-8H,5,15H2,1-4H3. The molecular formula is C13H19BrN2O. The van der Waals surface area contributed by atoms with Gasteiger partial charge in [-0.1, -0.05) is 15.9 Å². The fraction of sp³-hybridized carbons (Fsp3) is 0.462. The number of amides is 1. The van der Waals surface area contributed by atoms with Crippen molar-refractivity contribution in [2.75, 3.05) is 12.3 Å². The first-order chi connectivity index (χ1) is 7.88. The van der Waals surface area contributed by atoms with E-state index in [1.807, 2.05) is 44.7 Å². The van der Waals surface area contributed by atoms with Crippen LogP contribution in [0.1, 0.15) is 36.7 Å². The van der Waals surface area contributed by atoms with Crippen molar-refractivity contribution in [3.63, 3.8) is 0 Å². The molecule has 1 rings (SSSR count). The number of halogens is 1. The Balaban J connectivity index is 3.20. The fourth-order valence-corrected chi connectivity index (χ4v) is 2.30. The first kappa shape index (κ1) is 14.0. The lowest BCUT2D eigenvalue weighted by molar-refractivity contribution is 0.0716. The second-order valence-corrected chi connectivity index (χ2v) is 5.27. The van der Waals surface area contributed by atoms with Gasteiger partial charge in [0.05, 0.1) is 0 Å². The molecule has 1 aromatic carbocycles. The summed E-state index contributed by atoms with van der Waals surface area (Å²) in [5.41, 5.74) is 8.04. The Morgan fingerprint density at radius 1 is 1.47 bits per heavy atom. The Morgan fingerprint density at radius 3 is 2.53 bits per heavy atom. The van der Waals surface area contributed by atoms with Gasteiger partial charge in [0.2, 0.25) is 0 Å². The Morgan fingerprint density at radius 2 is 2.06 bits per heavy atom. The number of carbonyl (C=O) groups excluding carboxylic acids is 1. The topological polar surface area (TPSA) is 46.3 Å². The normalized spacial score (nSPS) is 10.7. The van der Waals surface area contributed by atoms with Gasteiger partial charge in [-0.25, -0.2) is 0 Å². The van der Waals surface area contributed by atoms with E-state index in [1.165, 1.54) is 0 Å². The van der Waals surface area contributed by atoms with Crippen molar-refractivity contribution in [2.24, 2.45) is 0 Å². The summed E-state index contributed by atoms with van der Waals surface area (Å²) in [5, 5.41) is 0. The number of nitrogens with zero attached hydrogens (tertiary/aromatic N) is 1. The number of hydrogen-bond donors (Lipinski definition) is 1. The van der Waals surface area contributed by atoms with Crippen LogP contribution in [0.3, 0.4) is 0 Å². The molecule has 0 unspecified atom stereocenters. The third-order valence-electron chi connectivity index (χ3n) is 2.87. The van der Waals surface area contributed by atoms with Gasteiger partial charge in [0.1, 0.15) is 0 Å². The highest BCUT2D eigenvalue weighted by molar-refractivity contribution is 9.10. The average molecular weight is 299 g/mol. The SMILES string of the molecule is CCN(C(=O)c1cc(Br)cc(N)c1C)C(C)C. The number of nitrogen functional groups attached to an aromatic ring is 1. The number of anilines is 1. The molecule has 17 heavy (non-hydrogen) atoms. The molecule has 0 aliphatic heterocycles. The lowest BCUT2D eigenvalue weighted by atomic mass is 10.1. The van der Waals surface area contributed by atoms with Crippen LogP contribution in [0.5, 0.6) is 0 Å². The van der Waals surface area contributed by atoms with Crippen molar-refractivity contribution in [2.45, 2.75) is 33.7 Å². The zero-order chi connectivity index (χ0) is 13.2. The number of hydrogen-bond acceptors (Lipinski definition) is 2. The van der Waals surface area contributed by atoms with E-state index in [0.29, 0.717) is 17.8 Å². The maximum Gasteiger partial charge on any atom is 0.254 e. The van der Waals surface area contributed by atoms with Crippen molar-refractivity contribution in [1.82, 2.24) is 4.90 Å². The third kappa shape index (κ3) is 3.00. The maximum atomic E-state index is 12.4. The zero-order valence-electron chi connectivity index (χ0n) is 10.7. The van der Waals surface area contributed by atoms with Crippen molar-refractivity contribution >= 4 is 27.5 Å². The first-order valence-electron chi connectivity index (χ1n) is 5.75. The van der Waals surface area contributed by atoms with Crippen LogP contribution in [0.2, 0.25) is 0 Å². The maximum absolute atomic E-state index is 12.4. The second kappa shape index (κ2) is 5.54. The van der Waals surface area contributed by atoms with E-state index in [2.05, 4.69) is 15.9 Å².